The fourth-order valence-corrected chi connectivity index (χ4v) is 2.45. The van der Waals surface area contributed by atoms with E-state index < -0.39 is 0 Å². The molecule has 0 saturated heterocycles. The van der Waals surface area contributed by atoms with Crippen LogP contribution in [0.1, 0.15) is 27.9 Å². The Kier molecular flexibility index (Phi) is 4.40. The maximum absolute atomic E-state index is 5.89. The highest BCUT2D eigenvalue weighted by molar-refractivity contribution is 5.51. The Morgan fingerprint density at radius 1 is 1.10 bits per heavy atom. The fourth-order valence-electron chi connectivity index (χ4n) is 2.45. The largest absolute Gasteiger partial charge is 0.355 e. The molecule has 1 aromatic carbocycles. The molecule has 3 nitrogen and oxygen atoms in total. The number of pyridine rings is 1. The second-order valence-corrected chi connectivity index (χ2v) is 5.43. The van der Waals surface area contributed by atoms with E-state index in [0.717, 1.165) is 23.6 Å². The van der Waals surface area contributed by atoms with E-state index in [9.17, 15) is 0 Å². The summed E-state index contributed by atoms with van der Waals surface area (Å²) in [6, 6.07) is 10.7. The lowest BCUT2D eigenvalue weighted by Crippen LogP contribution is -2.21. The molecule has 2 rings (SSSR count). The zero-order valence-corrected chi connectivity index (χ0v) is 12.8. The van der Waals surface area contributed by atoms with Crippen molar-refractivity contribution in [1.29, 1.82) is 0 Å². The second kappa shape index (κ2) is 6.06. The molecule has 0 aliphatic heterocycles. The molecular formula is C17H23N3. The predicted octanol–water partition coefficient (Wildman–Crippen LogP) is 3.10. The molecule has 0 aliphatic carbocycles. The minimum absolute atomic E-state index is 0.521. The van der Waals surface area contributed by atoms with Crippen LogP contribution in [-0.2, 0) is 13.1 Å². The highest BCUT2D eigenvalue weighted by atomic mass is 15.2. The van der Waals surface area contributed by atoms with Crippen molar-refractivity contribution in [2.24, 2.45) is 5.73 Å². The van der Waals surface area contributed by atoms with E-state index in [1.54, 1.807) is 0 Å². The lowest BCUT2D eigenvalue weighted by atomic mass is 10.1. The standard InChI is InChI=1S/C17H23N3/c1-12-5-7-15(8-6-12)11-20(4)17-16(10-18)13(2)9-14(3)19-17/h5-9H,10-11,18H2,1-4H3. The van der Waals surface area contributed by atoms with Gasteiger partial charge in [-0.25, -0.2) is 4.98 Å². The highest BCUT2D eigenvalue weighted by Gasteiger charge is 2.12. The van der Waals surface area contributed by atoms with Gasteiger partial charge in [-0.05, 0) is 38.0 Å². The molecule has 20 heavy (non-hydrogen) atoms. The van der Waals surface area contributed by atoms with Gasteiger partial charge in [-0.3, -0.25) is 0 Å². The molecule has 0 aliphatic rings. The predicted molar refractivity (Wildman–Crippen MR) is 84.9 cm³/mol. The number of nitrogens with zero attached hydrogens (tertiary/aromatic N) is 2. The van der Waals surface area contributed by atoms with Gasteiger partial charge in [0.1, 0.15) is 5.82 Å². The lowest BCUT2D eigenvalue weighted by Gasteiger charge is -2.23. The molecule has 0 bridgehead atoms. The zero-order valence-electron chi connectivity index (χ0n) is 12.8. The summed E-state index contributed by atoms with van der Waals surface area (Å²) in [5.41, 5.74) is 11.8. The summed E-state index contributed by atoms with van der Waals surface area (Å²) in [6.45, 7) is 7.58. The normalized spacial score (nSPS) is 10.7. The minimum Gasteiger partial charge on any atom is -0.355 e. The first-order valence-corrected chi connectivity index (χ1v) is 6.95. The van der Waals surface area contributed by atoms with Crippen molar-refractivity contribution in [3.8, 4) is 0 Å². The number of anilines is 1. The smallest absolute Gasteiger partial charge is 0.133 e. The van der Waals surface area contributed by atoms with Gasteiger partial charge in [-0.15, -0.1) is 0 Å². The van der Waals surface area contributed by atoms with Crippen LogP contribution >= 0.6 is 0 Å². The van der Waals surface area contributed by atoms with Gasteiger partial charge in [0.15, 0.2) is 0 Å². The van der Waals surface area contributed by atoms with Crippen LogP contribution in [0, 0.1) is 20.8 Å². The van der Waals surface area contributed by atoms with Crippen LogP contribution in [0.15, 0.2) is 30.3 Å². The molecule has 1 heterocycles. The Morgan fingerprint density at radius 2 is 1.75 bits per heavy atom. The Hall–Kier alpha value is -1.87. The summed E-state index contributed by atoms with van der Waals surface area (Å²) >= 11 is 0. The number of hydrogen-bond donors (Lipinski definition) is 1. The van der Waals surface area contributed by atoms with Crippen LogP contribution in [0.4, 0.5) is 5.82 Å². The van der Waals surface area contributed by atoms with Gasteiger partial charge in [0.25, 0.3) is 0 Å². The van der Waals surface area contributed by atoms with Crippen LogP contribution in [0.3, 0.4) is 0 Å². The van der Waals surface area contributed by atoms with Crippen LogP contribution in [0.5, 0.6) is 0 Å². The molecule has 0 radical (unpaired) electrons. The maximum atomic E-state index is 5.89. The van der Waals surface area contributed by atoms with Crippen molar-refractivity contribution in [3.63, 3.8) is 0 Å². The van der Waals surface area contributed by atoms with Gasteiger partial charge < -0.3 is 10.6 Å². The molecule has 0 unspecified atom stereocenters. The molecule has 0 amide bonds. The van der Waals surface area contributed by atoms with Gasteiger partial charge >= 0.3 is 0 Å². The van der Waals surface area contributed by atoms with E-state index in [4.69, 9.17) is 5.73 Å². The van der Waals surface area contributed by atoms with Crippen molar-refractivity contribution in [1.82, 2.24) is 4.98 Å². The van der Waals surface area contributed by atoms with Crippen LogP contribution in [0.2, 0.25) is 0 Å². The zero-order chi connectivity index (χ0) is 14.7. The third kappa shape index (κ3) is 3.17. The number of rotatable bonds is 4. The Labute approximate surface area is 121 Å². The van der Waals surface area contributed by atoms with Crippen molar-refractivity contribution in [3.05, 3.63) is 58.3 Å². The molecule has 0 spiro atoms. The van der Waals surface area contributed by atoms with E-state index in [0.29, 0.717) is 6.54 Å². The number of nitrogens with two attached hydrogens (primary N) is 1. The maximum Gasteiger partial charge on any atom is 0.133 e. The van der Waals surface area contributed by atoms with E-state index >= 15 is 0 Å². The fraction of sp³-hybridized carbons (Fsp3) is 0.353. The molecule has 1 aromatic heterocycles. The van der Waals surface area contributed by atoms with Crippen molar-refractivity contribution in [2.45, 2.75) is 33.9 Å². The third-order valence-electron chi connectivity index (χ3n) is 3.56. The Morgan fingerprint density at radius 3 is 2.35 bits per heavy atom. The molecule has 0 atom stereocenters. The third-order valence-corrected chi connectivity index (χ3v) is 3.56. The van der Waals surface area contributed by atoms with E-state index in [2.05, 4.69) is 61.1 Å². The average molecular weight is 269 g/mol. The van der Waals surface area contributed by atoms with Gasteiger partial charge in [0.2, 0.25) is 0 Å². The first-order chi connectivity index (χ1) is 9.51. The van der Waals surface area contributed by atoms with Crippen LogP contribution < -0.4 is 10.6 Å². The summed E-state index contributed by atoms with van der Waals surface area (Å²) in [7, 11) is 2.07. The number of hydrogen-bond acceptors (Lipinski definition) is 3. The summed E-state index contributed by atoms with van der Waals surface area (Å²) in [6.07, 6.45) is 0. The van der Waals surface area contributed by atoms with Gasteiger partial charge in [0.05, 0.1) is 0 Å². The van der Waals surface area contributed by atoms with Crippen LogP contribution in [0.25, 0.3) is 0 Å². The van der Waals surface area contributed by atoms with Gasteiger partial charge in [-0.1, -0.05) is 29.8 Å². The monoisotopic (exact) mass is 269 g/mol. The number of aryl methyl sites for hydroxylation is 3. The topological polar surface area (TPSA) is 42.2 Å². The molecular weight excluding hydrogens is 246 g/mol. The molecule has 0 saturated carbocycles. The summed E-state index contributed by atoms with van der Waals surface area (Å²) < 4.78 is 0. The first kappa shape index (κ1) is 14.5. The average Bonchev–Trinajstić information content (AvgIpc) is 2.40. The van der Waals surface area contributed by atoms with Crippen molar-refractivity contribution >= 4 is 5.82 Å². The Balaban J connectivity index is 2.28. The Bertz CT molecular complexity index is 588. The van der Waals surface area contributed by atoms with Crippen LogP contribution in [-0.4, -0.2) is 12.0 Å². The van der Waals surface area contributed by atoms with Gasteiger partial charge in [0, 0.05) is 31.4 Å². The second-order valence-electron chi connectivity index (χ2n) is 5.43. The molecule has 3 heteroatoms. The highest BCUT2D eigenvalue weighted by Crippen LogP contribution is 2.22. The summed E-state index contributed by atoms with van der Waals surface area (Å²) in [5, 5.41) is 0. The number of benzene rings is 1. The summed E-state index contributed by atoms with van der Waals surface area (Å²) in [5.74, 6) is 0.991. The molecule has 0 fully saturated rings. The minimum atomic E-state index is 0.521. The molecule has 2 aromatic rings. The van der Waals surface area contributed by atoms with Gasteiger partial charge in [-0.2, -0.15) is 0 Å². The molecule has 106 valence electrons. The summed E-state index contributed by atoms with van der Waals surface area (Å²) in [4.78, 5) is 6.84. The van der Waals surface area contributed by atoms with Crippen molar-refractivity contribution in [2.75, 3.05) is 11.9 Å². The van der Waals surface area contributed by atoms with E-state index in [-0.39, 0.29) is 0 Å². The SMILES string of the molecule is Cc1ccc(CN(C)c2nc(C)cc(C)c2CN)cc1. The van der Waals surface area contributed by atoms with Crippen molar-refractivity contribution < 1.29 is 0 Å². The van der Waals surface area contributed by atoms with E-state index in [1.165, 1.54) is 16.7 Å². The lowest BCUT2D eigenvalue weighted by molar-refractivity contribution is 0.864. The van der Waals surface area contributed by atoms with E-state index in [1.807, 2.05) is 6.92 Å². The molecule has 2 N–H and O–H groups in total. The number of aromatic nitrogens is 1. The first-order valence-electron chi connectivity index (χ1n) is 6.95. The quantitative estimate of drug-likeness (QED) is 0.927.